The van der Waals surface area contributed by atoms with Gasteiger partial charge in [-0.15, -0.1) is 0 Å². The van der Waals surface area contributed by atoms with Crippen molar-refractivity contribution in [3.05, 3.63) is 24.0 Å². The predicted molar refractivity (Wildman–Crippen MR) is 78.9 cm³/mol. The Morgan fingerprint density at radius 1 is 1.45 bits per heavy atom. The summed E-state index contributed by atoms with van der Waals surface area (Å²) in [5, 5.41) is 2.57. The Hall–Kier alpha value is -1.62. The van der Waals surface area contributed by atoms with E-state index in [1.807, 2.05) is 11.9 Å². The molecule has 0 spiro atoms. The van der Waals surface area contributed by atoms with Gasteiger partial charge in [-0.3, -0.25) is 9.69 Å². The average molecular weight is 279 g/mol. The number of rotatable bonds is 5. The Morgan fingerprint density at radius 3 is 2.85 bits per heavy atom. The molecular formula is C15H22FN3O. The van der Waals surface area contributed by atoms with E-state index in [-0.39, 0.29) is 18.1 Å². The van der Waals surface area contributed by atoms with Gasteiger partial charge >= 0.3 is 0 Å². The smallest absolute Gasteiger partial charge is 0.238 e. The Kier molecular flexibility index (Phi) is 4.95. The Labute approximate surface area is 119 Å². The number of hydrogen-bond acceptors (Lipinski definition) is 3. The van der Waals surface area contributed by atoms with Crippen molar-refractivity contribution in [1.82, 2.24) is 4.90 Å². The van der Waals surface area contributed by atoms with E-state index in [1.54, 1.807) is 0 Å². The molecule has 1 aromatic rings. The average Bonchev–Trinajstić information content (AvgIpc) is 2.86. The van der Waals surface area contributed by atoms with E-state index < -0.39 is 5.82 Å². The van der Waals surface area contributed by atoms with Gasteiger partial charge in [0.05, 0.1) is 12.2 Å². The van der Waals surface area contributed by atoms with E-state index in [1.165, 1.54) is 43.9 Å². The minimum atomic E-state index is -0.467. The number of hydrogen-bond donors (Lipinski definition) is 2. The van der Waals surface area contributed by atoms with Gasteiger partial charge in [0.15, 0.2) is 0 Å². The van der Waals surface area contributed by atoms with Gasteiger partial charge in [0.1, 0.15) is 5.82 Å². The quantitative estimate of drug-likeness (QED) is 0.814. The maximum absolute atomic E-state index is 13.5. The lowest BCUT2D eigenvalue weighted by Gasteiger charge is -2.20. The fraction of sp³-hybridized carbons (Fsp3) is 0.533. The van der Waals surface area contributed by atoms with Gasteiger partial charge in [0.25, 0.3) is 0 Å². The Morgan fingerprint density at radius 2 is 2.15 bits per heavy atom. The van der Waals surface area contributed by atoms with Crippen LogP contribution in [0.4, 0.5) is 15.8 Å². The number of anilines is 2. The molecule has 3 N–H and O–H groups in total. The number of halogens is 1. The molecule has 0 unspecified atom stereocenters. The van der Waals surface area contributed by atoms with Gasteiger partial charge in [0.2, 0.25) is 5.91 Å². The third kappa shape index (κ3) is 4.20. The molecule has 0 atom stereocenters. The molecule has 1 saturated carbocycles. The highest BCUT2D eigenvalue weighted by atomic mass is 19.1. The fourth-order valence-electron chi connectivity index (χ4n) is 2.77. The third-order valence-electron chi connectivity index (χ3n) is 3.72. The van der Waals surface area contributed by atoms with Crippen LogP contribution in [0, 0.1) is 11.7 Å². The van der Waals surface area contributed by atoms with Crippen LogP contribution in [0.5, 0.6) is 0 Å². The van der Waals surface area contributed by atoms with Crippen LogP contribution in [0.2, 0.25) is 0 Å². The largest absolute Gasteiger partial charge is 0.399 e. The number of likely N-dealkylation sites (N-methyl/N-ethyl adjacent to an activating group) is 1. The second kappa shape index (κ2) is 6.70. The molecule has 1 fully saturated rings. The van der Waals surface area contributed by atoms with E-state index in [4.69, 9.17) is 5.73 Å². The van der Waals surface area contributed by atoms with E-state index >= 15 is 0 Å². The number of nitrogens with zero attached hydrogens (tertiary/aromatic N) is 1. The molecule has 0 bridgehead atoms. The maximum Gasteiger partial charge on any atom is 0.238 e. The van der Waals surface area contributed by atoms with Crippen molar-refractivity contribution in [2.75, 3.05) is 31.2 Å². The lowest BCUT2D eigenvalue weighted by molar-refractivity contribution is -0.117. The molecule has 0 aliphatic heterocycles. The monoisotopic (exact) mass is 279 g/mol. The number of nitrogen functional groups attached to an aromatic ring is 1. The lowest BCUT2D eigenvalue weighted by Crippen LogP contribution is -2.33. The Balaban J connectivity index is 1.83. The molecule has 1 aliphatic carbocycles. The third-order valence-corrected chi connectivity index (χ3v) is 3.72. The van der Waals surface area contributed by atoms with Crippen LogP contribution in [0.3, 0.4) is 0 Å². The maximum atomic E-state index is 13.5. The first kappa shape index (κ1) is 14.8. The standard InChI is InChI=1S/C15H22FN3O/c1-19(9-11-4-2-3-5-11)10-15(20)18-14-8-12(17)6-7-13(14)16/h6-8,11H,2-5,9-10,17H2,1H3,(H,18,20). The van der Waals surface area contributed by atoms with Gasteiger partial charge in [-0.05, 0) is 44.0 Å². The van der Waals surface area contributed by atoms with E-state index in [0.717, 1.165) is 6.54 Å². The van der Waals surface area contributed by atoms with E-state index in [2.05, 4.69) is 5.32 Å². The van der Waals surface area contributed by atoms with Crippen molar-refractivity contribution in [3.63, 3.8) is 0 Å². The number of carbonyl (C=O) groups excluding carboxylic acids is 1. The lowest BCUT2D eigenvalue weighted by atomic mass is 10.1. The molecule has 0 radical (unpaired) electrons. The van der Waals surface area contributed by atoms with Gasteiger partial charge in [-0.1, -0.05) is 12.8 Å². The van der Waals surface area contributed by atoms with Crippen LogP contribution in [0.25, 0.3) is 0 Å². The van der Waals surface area contributed by atoms with Crippen molar-refractivity contribution in [2.24, 2.45) is 5.92 Å². The molecule has 2 rings (SSSR count). The summed E-state index contributed by atoms with van der Waals surface area (Å²) in [4.78, 5) is 13.9. The van der Waals surface area contributed by atoms with Crippen molar-refractivity contribution in [1.29, 1.82) is 0 Å². The summed E-state index contributed by atoms with van der Waals surface area (Å²) in [7, 11) is 1.92. The van der Waals surface area contributed by atoms with Crippen LogP contribution in [-0.2, 0) is 4.79 Å². The van der Waals surface area contributed by atoms with Crippen LogP contribution in [0.15, 0.2) is 18.2 Å². The van der Waals surface area contributed by atoms with Crippen molar-refractivity contribution in [3.8, 4) is 0 Å². The van der Waals surface area contributed by atoms with Crippen molar-refractivity contribution in [2.45, 2.75) is 25.7 Å². The van der Waals surface area contributed by atoms with Crippen LogP contribution in [0.1, 0.15) is 25.7 Å². The molecule has 1 aliphatic rings. The summed E-state index contributed by atoms with van der Waals surface area (Å²) in [6, 6.07) is 4.16. The number of nitrogens with two attached hydrogens (primary N) is 1. The molecule has 5 heteroatoms. The summed E-state index contributed by atoms with van der Waals surface area (Å²) < 4.78 is 13.5. The molecule has 4 nitrogen and oxygen atoms in total. The summed E-state index contributed by atoms with van der Waals surface area (Å²) in [6.45, 7) is 1.19. The molecule has 20 heavy (non-hydrogen) atoms. The molecule has 1 amide bonds. The van der Waals surface area contributed by atoms with E-state index in [0.29, 0.717) is 11.6 Å². The van der Waals surface area contributed by atoms with Crippen LogP contribution < -0.4 is 11.1 Å². The first-order chi connectivity index (χ1) is 9.54. The zero-order chi connectivity index (χ0) is 14.5. The topological polar surface area (TPSA) is 58.4 Å². The molecule has 1 aromatic carbocycles. The molecule has 0 heterocycles. The first-order valence-electron chi connectivity index (χ1n) is 7.08. The molecule has 0 aromatic heterocycles. The summed E-state index contributed by atoms with van der Waals surface area (Å²) in [5.74, 6) is 0.0119. The number of amides is 1. The number of carbonyl (C=O) groups is 1. The summed E-state index contributed by atoms with van der Waals surface area (Å²) in [6.07, 6.45) is 5.07. The molecule has 110 valence electrons. The molecular weight excluding hydrogens is 257 g/mol. The Bertz CT molecular complexity index is 472. The number of benzene rings is 1. The van der Waals surface area contributed by atoms with Gasteiger partial charge in [0, 0.05) is 12.2 Å². The van der Waals surface area contributed by atoms with Crippen molar-refractivity contribution < 1.29 is 9.18 Å². The van der Waals surface area contributed by atoms with E-state index in [9.17, 15) is 9.18 Å². The summed E-state index contributed by atoms with van der Waals surface area (Å²) in [5.41, 5.74) is 6.16. The first-order valence-corrected chi connectivity index (χ1v) is 7.08. The minimum absolute atomic E-state index is 0.143. The highest BCUT2D eigenvalue weighted by Crippen LogP contribution is 2.25. The summed E-state index contributed by atoms with van der Waals surface area (Å²) >= 11 is 0. The minimum Gasteiger partial charge on any atom is -0.399 e. The van der Waals surface area contributed by atoms with Gasteiger partial charge < -0.3 is 11.1 Å². The molecule has 0 saturated heterocycles. The SMILES string of the molecule is CN(CC(=O)Nc1cc(N)ccc1F)CC1CCCC1. The zero-order valence-electron chi connectivity index (χ0n) is 11.9. The highest BCUT2D eigenvalue weighted by Gasteiger charge is 2.18. The second-order valence-corrected chi connectivity index (χ2v) is 5.63. The van der Waals surface area contributed by atoms with Gasteiger partial charge in [-0.2, -0.15) is 0 Å². The number of nitrogens with one attached hydrogen (secondary N) is 1. The zero-order valence-corrected chi connectivity index (χ0v) is 11.9. The van der Waals surface area contributed by atoms with Gasteiger partial charge in [-0.25, -0.2) is 4.39 Å². The van der Waals surface area contributed by atoms with Crippen molar-refractivity contribution >= 4 is 17.3 Å². The second-order valence-electron chi connectivity index (χ2n) is 5.63. The fourth-order valence-corrected chi connectivity index (χ4v) is 2.77. The predicted octanol–water partition coefficient (Wildman–Crippen LogP) is 2.47. The van der Waals surface area contributed by atoms with Crippen LogP contribution in [-0.4, -0.2) is 30.9 Å². The highest BCUT2D eigenvalue weighted by molar-refractivity contribution is 5.92. The normalized spacial score (nSPS) is 15.8. The van der Waals surface area contributed by atoms with Crippen LogP contribution >= 0.6 is 0 Å².